The van der Waals surface area contributed by atoms with Crippen molar-refractivity contribution in [3.05, 3.63) is 103 Å². The summed E-state index contributed by atoms with van der Waals surface area (Å²) in [5, 5.41) is 2.91. The standard InChI is InChI=1S/C32H34FN5O5S/c1-42-30-5-3-4-28(20-30)38(32(39)35-25-9-7-24(33)8-10-25)27-16-18-37(19-17-27)22-23-6-15-31(34-21-23)43-29-13-11-26(12-14-29)36-44(2,40)41/h3-15,20-21,27,36H,16-19,22H2,1-2H3,(H,35,39). The lowest BCUT2D eigenvalue weighted by molar-refractivity contribution is 0.199. The van der Waals surface area contributed by atoms with E-state index < -0.39 is 10.0 Å². The molecule has 0 spiro atoms. The predicted octanol–water partition coefficient (Wildman–Crippen LogP) is 6.10. The Morgan fingerprint density at radius 2 is 1.68 bits per heavy atom. The highest BCUT2D eigenvalue weighted by Gasteiger charge is 2.30. The molecule has 230 valence electrons. The van der Waals surface area contributed by atoms with Crippen LogP contribution < -0.4 is 24.4 Å². The Hall–Kier alpha value is -4.68. The number of carbonyl (C=O) groups excluding carboxylic acids is 1. The molecule has 4 aromatic rings. The fourth-order valence-corrected chi connectivity index (χ4v) is 5.62. The van der Waals surface area contributed by atoms with Crippen LogP contribution in [0, 0.1) is 5.82 Å². The van der Waals surface area contributed by atoms with Crippen LogP contribution in [-0.4, -0.2) is 56.8 Å². The summed E-state index contributed by atoms with van der Waals surface area (Å²) in [6.45, 7) is 2.26. The number of benzene rings is 3. The first-order valence-electron chi connectivity index (χ1n) is 14.1. The van der Waals surface area contributed by atoms with Crippen molar-refractivity contribution in [3.63, 3.8) is 0 Å². The Bertz CT molecular complexity index is 1660. The van der Waals surface area contributed by atoms with Crippen molar-refractivity contribution < 1.29 is 27.1 Å². The van der Waals surface area contributed by atoms with Crippen molar-refractivity contribution in [3.8, 4) is 17.4 Å². The lowest BCUT2D eigenvalue weighted by atomic mass is 10.0. The third-order valence-corrected chi connectivity index (χ3v) is 7.76. The van der Waals surface area contributed by atoms with E-state index in [1.165, 1.54) is 12.1 Å². The van der Waals surface area contributed by atoms with Crippen molar-refractivity contribution in [1.29, 1.82) is 0 Å². The molecular weight excluding hydrogens is 585 g/mol. The van der Waals surface area contributed by atoms with Crippen molar-refractivity contribution in [2.45, 2.75) is 25.4 Å². The number of amides is 2. The highest BCUT2D eigenvalue weighted by atomic mass is 32.2. The molecule has 2 heterocycles. The molecule has 1 saturated heterocycles. The molecule has 0 atom stereocenters. The summed E-state index contributed by atoms with van der Waals surface area (Å²) in [5.41, 5.74) is 2.72. The van der Waals surface area contributed by atoms with Crippen LogP contribution in [0.5, 0.6) is 17.4 Å². The van der Waals surface area contributed by atoms with E-state index in [1.54, 1.807) is 60.7 Å². The number of halogens is 1. The normalized spacial score (nSPS) is 14.1. The Balaban J connectivity index is 1.19. The first kappa shape index (κ1) is 30.8. The second-order valence-corrected chi connectivity index (χ2v) is 12.3. The number of nitrogens with zero attached hydrogens (tertiary/aromatic N) is 3. The first-order chi connectivity index (χ1) is 21.1. The number of anilines is 3. The number of rotatable bonds is 10. The zero-order valence-electron chi connectivity index (χ0n) is 24.4. The van der Waals surface area contributed by atoms with Gasteiger partial charge in [0.05, 0.1) is 13.4 Å². The summed E-state index contributed by atoms with van der Waals surface area (Å²) in [4.78, 5) is 22.0. The maximum Gasteiger partial charge on any atom is 0.326 e. The molecule has 1 aliphatic heterocycles. The summed E-state index contributed by atoms with van der Waals surface area (Å²) in [6, 6.07) is 23.1. The SMILES string of the molecule is COc1cccc(N(C(=O)Nc2ccc(F)cc2)C2CCN(Cc3ccc(Oc4ccc(NS(C)(=O)=O)cc4)nc3)CC2)c1. The highest BCUT2D eigenvalue weighted by Crippen LogP contribution is 2.29. The van der Waals surface area contributed by atoms with E-state index in [0.717, 1.165) is 43.4 Å². The smallest absolute Gasteiger partial charge is 0.326 e. The van der Waals surface area contributed by atoms with Gasteiger partial charge in [0.2, 0.25) is 15.9 Å². The molecule has 10 nitrogen and oxygen atoms in total. The van der Waals surface area contributed by atoms with Crippen LogP contribution in [0.3, 0.4) is 0 Å². The van der Waals surface area contributed by atoms with Gasteiger partial charge in [-0.2, -0.15) is 0 Å². The lowest BCUT2D eigenvalue weighted by Gasteiger charge is -2.38. The van der Waals surface area contributed by atoms with Crippen molar-refractivity contribution >= 4 is 33.1 Å². The zero-order valence-corrected chi connectivity index (χ0v) is 25.3. The lowest BCUT2D eigenvalue weighted by Crippen LogP contribution is -2.49. The third-order valence-electron chi connectivity index (χ3n) is 7.15. The largest absolute Gasteiger partial charge is 0.497 e. The molecule has 0 bridgehead atoms. The molecule has 2 N–H and O–H groups in total. The van der Waals surface area contributed by atoms with Crippen LogP contribution >= 0.6 is 0 Å². The van der Waals surface area contributed by atoms with E-state index in [2.05, 4.69) is 19.9 Å². The Kier molecular flexibility index (Phi) is 9.61. The van der Waals surface area contributed by atoms with Gasteiger partial charge in [-0.05, 0) is 79.1 Å². The van der Waals surface area contributed by atoms with Crippen LogP contribution in [-0.2, 0) is 16.6 Å². The predicted molar refractivity (Wildman–Crippen MR) is 168 cm³/mol. The molecule has 0 saturated carbocycles. The summed E-state index contributed by atoms with van der Waals surface area (Å²) < 4.78 is 49.8. The minimum Gasteiger partial charge on any atom is -0.497 e. The van der Waals surface area contributed by atoms with Crippen LogP contribution in [0.4, 0.5) is 26.2 Å². The number of methoxy groups -OCH3 is 1. The van der Waals surface area contributed by atoms with Crippen LogP contribution in [0.15, 0.2) is 91.1 Å². The average Bonchev–Trinajstić information content (AvgIpc) is 3.01. The van der Waals surface area contributed by atoms with Gasteiger partial charge in [0.15, 0.2) is 0 Å². The molecule has 0 unspecified atom stereocenters. The Labute approximate surface area is 256 Å². The van der Waals surface area contributed by atoms with E-state index in [4.69, 9.17) is 9.47 Å². The molecule has 1 aliphatic rings. The molecule has 2 amide bonds. The monoisotopic (exact) mass is 619 g/mol. The van der Waals surface area contributed by atoms with Gasteiger partial charge in [0.1, 0.15) is 17.3 Å². The van der Waals surface area contributed by atoms with Gasteiger partial charge in [-0.1, -0.05) is 12.1 Å². The van der Waals surface area contributed by atoms with E-state index >= 15 is 0 Å². The van der Waals surface area contributed by atoms with Gasteiger partial charge in [0.25, 0.3) is 0 Å². The number of carbonyl (C=O) groups is 1. The van der Waals surface area contributed by atoms with Crippen LogP contribution in [0.1, 0.15) is 18.4 Å². The molecule has 1 fully saturated rings. The summed E-state index contributed by atoms with van der Waals surface area (Å²) in [5.74, 6) is 1.25. The van der Waals surface area contributed by atoms with Crippen LogP contribution in [0.25, 0.3) is 0 Å². The van der Waals surface area contributed by atoms with Crippen molar-refractivity contribution in [1.82, 2.24) is 9.88 Å². The quantitative estimate of drug-likeness (QED) is 0.221. The summed E-state index contributed by atoms with van der Waals surface area (Å²) in [6.07, 6.45) is 4.39. The number of hydrogen-bond donors (Lipinski definition) is 2. The number of piperidine rings is 1. The van der Waals surface area contributed by atoms with Gasteiger partial charge in [0, 0.05) is 61.1 Å². The molecule has 0 radical (unpaired) electrons. The molecule has 0 aliphatic carbocycles. The molecule has 5 rings (SSSR count). The summed E-state index contributed by atoms with van der Waals surface area (Å²) >= 11 is 0. The number of aromatic nitrogens is 1. The van der Waals surface area contributed by atoms with Crippen molar-refractivity contribution in [2.24, 2.45) is 0 Å². The fourth-order valence-electron chi connectivity index (χ4n) is 5.06. The minimum absolute atomic E-state index is 0.0493. The van der Waals surface area contributed by atoms with Crippen LogP contribution in [0.2, 0.25) is 0 Å². The zero-order chi connectivity index (χ0) is 31.1. The number of pyridine rings is 1. The number of sulfonamides is 1. The minimum atomic E-state index is -3.35. The summed E-state index contributed by atoms with van der Waals surface area (Å²) in [7, 11) is -1.76. The first-order valence-corrected chi connectivity index (χ1v) is 16.0. The molecule has 44 heavy (non-hydrogen) atoms. The van der Waals surface area contributed by atoms with Crippen molar-refractivity contribution in [2.75, 3.05) is 41.4 Å². The Morgan fingerprint density at radius 1 is 0.977 bits per heavy atom. The van der Waals surface area contributed by atoms with E-state index in [1.807, 2.05) is 30.3 Å². The number of nitrogens with one attached hydrogen (secondary N) is 2. The number of likely N-dealkylation sites (tertiary alicyclic amines) is 1. The molecular formula is C32H34FN5O5S. The number of urea groups is 1. The second kappa shape index (κ2) is 13.7. The van der Waals surface area contributed by atoms with Gasteiger partial charge >= 0.3 is 6.03 Å². The van der Waals surface area contributed by atoms with Gasteiger partial charge in [-0.3, -0.25) is 14.5 Å². The third kappa shape index (κ3) is 8.45. The number of ether oxygens (including phenoxy) is 2. The van der Waals surface area contributed by atoms with Gasteiger partial charge in [-0.25, -0.2) is 22.6 Å². The van der Waals surface area contributed by atoms with E-state index in [-0.39, 0.29) is 17.9 Å². The molecule has 3 aromatic carbocycles. The maximum absolute atomic E-state index is 13.5. The number of hydrogen-bond acceptors (Lipinski definition) is 7. The van der Waals surface area contributed by atoms with Gasteiger partial charge < -0.3 is 14.8 Å². The average molecular weight is 620 g/mol. The molecule has 12 heteroatoms. The van der Waals surface area contributed by atoms with Gasteiger partial charge in [-0.15, -0.1) is 0 Å². The molecule has 1 aromatic heterocycles. The van der Waals surface area contributed by atoms with E-state index in [0.29, 0.717) is 35.3 Å². The maximum atomic E-state index is 13.5. The topological polar surface area (TPSA) is 113 Å². The Morgan fingerprint density at radius 3 is 2.32 bits per heavy atom. The highest BCUT2D eigenvalue weighted by molar-refractivity contribution is 7.92. The van der Waals surface area contributed by atoms with E-state index in [9.17, 15) is 17.6 Å². The second-order valence-electron chi connectivity index (χ2n) is 10.5. The fraction of sp³-hybridized carbons (Fsp3) is 0.250.